The third-order valence-corrected chi connectivity index (χ3v) is 8.29. The number of anilines is 1. The quantitative estimate of drug-likeness (QED) is 0.655. The largest absolute Gasteiger partial charge is 0.481 e. The van der Waals surface area contributed by atoms with E-state index >= 15 is 0 Å². The number of piperidine rings is 1. The maximum atomic E-state index is 13.5. The second kappa shape index (κ2) is 9.55. The van der Waals surface area contributed by atoms with Crippen LogP contribution in [0.4, 0.5) is 5.00 Å². The van der Waals surface area contributed by atoms with Gasteiger partial charge in [0, 0.05) is 18.0 Å². The molecule has 31 heavy (non-hydrogen) atoms. The van der Waals surface area contributed by atoms with Gasteiger partial charge in [-0.05, 0) is 62.8 Å². The summed E-state index contributed by atoms with van der Waals surface area (Å²) in [7, 11) is 0. The molecular formula is C24H32N2O4S. The van der Waals surface area contributed by atoms with E-state index in [0.717, 1.165) is 63.6 Å². The van der Waals surface area contributed by atoms with E-state index in [1.54, 1.807) is 0 Å². The Labute approximate surface area is 187 Å². The van der Waals surface area contributed by atoms with Gasteiger partial charge in [-0.3, -0.25) is 14.4 Å². The second-order valence-corrected chi connectivity index (χ2v) is 10.2. The lowest BCUT2D eigenvalue weighted by atomic mass is 9.82. The summed E-state index contributed by atoms with van der Waals surface area (Å²) < 4.78 is 0. The lowest BCUT2D eigenvalue weighted by Crippen LogP contribution is -2.37. The Morgan fingerprint density at radius 1 is 1.13 bits per heavy atom. The molecule has 0 unspecified atom stereocenters. The van der Waals surface area contributed by atoms with Crippen molar-refractivity contribution in [1.29, 1.82) is 0 Å². The molecule has 2 N–H and O–H groups in total. The molecule has 3 aliphatic rings. The summed E-state index contributed by atoms with van der Waals surface area (Å²) in [4.78, 5) is 41.5. The summed E-state index contributed by atoms with van der Waals surface area (Å²) in [6.45, 7) is 3.74. The van der Waals surface area contributed by atoms with Gasteiger partial charge in [-0.25, -0.2) is 0 Å². The van der Waals surface area contributed by atoms with E-state index in [9.17, 15) is 19.5 Å². The highest BCUT2D eigenvalue weighted by molar-refractivity contribution is 7.17. The molecule has 2 aliphatic carbocycles. The van der Waals surface area contributed by atoms with Crippen molar-refractivity contribution in [1.82, 2.24) is 4.90 Å². The fourth-order valence-corrected chi connectivity index (χ4v) is 6.51. The van der Waals surface area contributed by atoms with E-state index in [2.05, 4.69) is 12.2 Å². The van der Waals surface area contributed by atoms with Gasteiger partial charge >= 0.3 is 5.97 Å². The number of fused-ring (bicyclic) bond motifs is 1. The van der Waals surface area contributed by atoms with Crippen LogP contribution in [0, 0.1) is 17.8 Å². The number of aliphatic carboxylic acids is 1. The molecule has 3 atom stereocenters. The molecule has 1 saturated heterocycles. The molecular weight excluding hydrogens is 412 g/mol. The standard InChI is InChI=1S/C24H32N2O4S/c1-2-15-10-11-18-19(14-15)31-22(20(18)23(28)26-12-6-3-7-13-26)25-21(27)16-8-4-5-9-17(16)24(29)30/h4-5,15-17H,2-3,6-14H2,1H3,(H,25,27)(H,29,30)/t15-,16+,17-/m0/s1. The van der Waals surface area contributed by atoms with E-state index in [1.807, 2.05) is 17.1 Å². The van der Waals surface area contributed by atoms with Crippen LogP contribution in [-0.2, 0) is 22.4 Å². The van der Waals surface area contributed by atoms with Crippen LogP contribution < -0.4 is 5.32 Å². The zero-order valence-electron chi connectivity index (χ0n) is 18.2. The van der Waals surface area contributed by atoms with Crippen LogP contribution in [0.2, 0.25) is 0 Å². The van der Waals surface area contributed by atoms with Crippen LogP contribution in [-0.4, -0.2) is 40.9 Å². The number of carboxylic acid groups (broad SMARTS) is 1. The molecule has 1 fully saturated rings. The summed E-state index contributed by atoms with van der Waals surface area (Å²) in [5.41, 5.74) is 1.78. The maximum Gasteiger partial charge on any atom is 0.307 e. The SMILES string of the molecule is CC[C@H]1CCc2c(sc(NC(=O)[C@@H]3CC=CC[C@@H]3C(=O)O)c2C(=O)N2CCCCC2)C1. The summed E-state index contributed by atoms with van der Waals surface area (Å²) in [5, 5.41) is 13.2. The van der Waals surface area contributed by atoms with Gasteiger partial charge in [0.2, 0.25) is 5.91 Å². The third-order valence-electron chi connectivity index (χ3n) is 7.12. The fraction of sp³-hybridized carbons (Fsp3) is 0.625. The van der Waals surface area contributed by atoms with E-state index in [-0.39, 0.29) is 11.8 Å². The first kappa shape index (κ1) is 22.1. The first-order valence-electron chi connectivity index (χ1n) is 11.6. The predicted octanol–water partition coefficient (Wildman–Crippen LogP) is 4.49. The van der Waals surface area contributed by atoms with Crippen molar-refractivity contribution in [2.75, 3.05) is 18.4 Å². The Morgan fingerprint density at radius 3 is 2.52 bits per heavy atom. The van der Waals surface area contributed by atoms with Gasteiger partial charge in [-0.2, -0.15) is 0 Å². The van der Waals surface area contributed by atoms with Gasteiger partial charge in [0.15, 0.2) is 0 Å². The number of carbonyl (C=O) groups is 3. The van der Waals surface area contributed by atoms with Crippen molar-refractivity contribution >= 4 is 34.1 Å². The van der Waals surface area contributed by atoms with Gasteiger partial charge in [-0.1, -0.05) is 25.5 Å². The lowest BCUT2D eigenvalue weighted by Gasteiger charge is -2.28. The molecule has 0 saturated carbocycles. The third kappa shape index (κ3) is 4.56. The molecule has 1 aliphatic heterocycles. The highest BCUT2D eigenvalue weighted by Crippen LogP contribution is 2.42. The number of rotatable bonds is 5. The molecule has 0 bridgehead atoms. The molecule has 1 aromatic heterocycles. The van der Waals surface area contributed by atoms with E-state index < -0.39 is 17.8 Å². The maximum absolute atomic E-state index is 13.5. The number of allylic oxidation sites excluding steroid dienone is 2. The molecule has 168 valence electrons. The monoisotopic (exact) mass is 444 g/mol. The molecule has 2 amide bonds. The van der Waals surface area contributed by atoms with Crippen molar-refractivity contribution < 1.29 is 19.5 Å². The van der Waals surface area contributed by atoms with E-state index in [0.29, 0.717) is 29.3 Å². The summed E-state index contributed by atoms with van der Waals surface area (Å²) in [5.74, 6) is -1.90. The number of carboxylic acids is 1. The van der Waals surface area contributed by atoms with Gasteiger partial charge in [0.1, 0.15) is 5.00 Å². The molecule has 0 spiro atoms. The fourth-order valence-electron chi connectivity index (χ4n) is 5.15. The van der Waals surface area contributed by atoms with Gasteiger partial charge in [0.25, 0.3) is 5.91 Å². The van der Waals surface area contributed by atoms with E-state index in [1.165, 1.54) is 16.2 Å². The van der Waals surface area contributed by atoms with Crippen molar-refractivity contribution in [3.63, 3.8) is 0 Å². The summed E-state index contributed by atoms with van der Waals surface area (Å²) >= 11 is 1.53. The van der Waals surface area contributed by atoms with Crippen molar-refractivity contribution in [3.05, 3.63) is 28.2 Å². The average molecular weight is 445 g/mol. The Hall–Kier alpha value is -2.15. The zero-order valence-corrected chi connectivity index (χ0v) is 19.0. The van der Waals surface area contributed by atoms with Crippen LogP contribution in [0.15, 0.2) is 12.2 Å². The number of hydrogen-bond donors (Lipinski definition) is 2. The molecule has 1 aromatic rings. The van der Waals surface area contributed by atoms with Crippen molar-refractivity contribution in [2.45, 2.75) is 64.7 Å². The second-order valence-electron chi connectivity index (χ2n) is 9.06. The van der Waals surface area contributed by atoms with Crippen LogP contribution in [0.3, 0.4) is 0 Å². The number of likely N-dealkylation sites (tertiary alicyclic amines) is 1. The molecule has 4 rings (SSSR count). The van der Waals surface area contributed by atoms with Gasteiger partial charge in [0.05, 0.1) is 17.4 Å². The van der Waals surface area contributed by atoms with Crippen LogP contribution >= 0.6 is 11.3 Å². The van der Waals surface area contributed by atoms with Crippen LogP contribution in [0.25, 0.3) is 0 Å². The van der Waals surface area contributed by atoms with Crippen LogP contribution in [0.5, 0.6) is 0 Å². The van der Waals surface area contributed by atoms with E-state index in [4.69, 9.17) is 0 Å². The minimum absolute atomic E-state index is 0.0285. The molecule has 2 heterocycles. The number of nitrogens with one attached hydrogen (secondary N) is 1. The minimum Gasteiger partial charge on any atom is -0.481 e. The highest BCUT2D eigenvalue weighted by atomic mass is 32.1. The Bertz CT molecular complexity index is 884. The highest BCUT2D eigenvalue weighted by Gasteiger charge is 2.36. The first-order chi connectivity index (χ1) is 15.0. The average Bonchev–Trinajstić information content (AvgIpc) is 3.15. The van der Waals surface area contributed by atoms with Crippen molar-refractivity contribution in [2.24, 2.45) is 17.8 Å². The Morgan fingerprint density at radius 2 is 1.84 bits per heavy atom. The summed E-state index contributed by atoms with van der Waals surface area (Å²) in [6, 6.07) is 0. The molecule has 7 heteroatoms. The smallest absolute Gasteiger partial charge is 0.307 e. The number of amides is 2. The molecule has 6 nitrogen and oxygen atoms in total. The molecule has 0 radical (unpaired) electrons. The van der Waals surface area contributed by atoms with Gasteiger partial charge < -0.3 is 15.3 Å². The topological polar surface area (TPSA) is 86.7 Å². The Balaban J connectivity index is 1.63. The number of hydrogen-bond acceptors (Lipinski definition) is 4. The minimum atomic E-state index is -0.939. The first-order valence-corrected chi connectivity index (χ1v) is 12.4. The Kier molecular flexibility index (Phi) is 6.80. The predicted molar refractivity (Wildman–Crippen MR) is 121 cm³/mol. The lowest BCUT2D eigenvalue weighted by molar-refractivity contribution is -0.146. The number of carbonyl (C=O) groups excluding carboxylic acids is 2. The number of nitrogens with zero attached hydrogens (tertiary/aromatic N) is 1. The summed E-state index contributed by atoms with van der Waals surface area (Å²) in [6.07, 6.45) is 11.7. The number of thiophene rings is 1. The van der Waals surface area contributed by atoms with Gasteiger partial charge in [-0.15, -0.1) is 11.3 Å². The zero-order chi connectivity index (χ0) is 22.0. The molecule has 0 aromatic carbocycles. The van der Waals surface area contributed by atoms with Crippen LogP contribution in [0.1, 0.15) is 72.7 Å². The normalized spacial score (nSPS) is 25.7. The van der Waals surface area contributed by atoms with Crippen molar-refractivity contribution in [3.8, 4) is 0 Å².